The smallest absolute Gasteiger partial charge is 0.138 e. The SMILES string of the molecule is Cc1ccc2c(c1)oc1c(C)c(C)ccc12. The minimum absolute atomic E-state index is 0.990. The van der Waals surface area contributed by atoms with E-state index in [1.54, 1.807) is 0 Å². The minimum atomic E-state index is 0.990. The van der Waals surface area contributed by atoms with E-state index in [-0.39, 0.29) is 0 Å². The molecule has 1 aromatic heterocycles. The van der Waals surface area contributed by atoms with Gasteiger partial charge in [-0.3, -0.25) is 0 Å². The fraction of sp³-hybridized carbons (Fsp3) is 0.200. The molecular weight excluding hydrogens is 196 g/mol. The van der Waals surface area contributed by atoms with Gasteiger partial charge < -0.3 is 4.42 Å². The summed E-state index contributed by atoms with van der Waals surface area (Å²) >= 11 is 0. The second-order valence-electron chi connectivity index (χ2n) is 4.49. The maximum Gasteiger partial charge on any atom is 0.138 e. The van der Waals surface area contributed by atoms with Crippen LogP contribution in [0.5, 0.6) is 0 Å². The van der Waals surface area contributed by atoms with Gasteiger partial charge in [0.2, 0.25) is 0 Å². The first kappa shape index (κ1) is 9.46. The highest BCUT2D eigenvalue weighted by Gasteiger charge is 2.09. The summed E-state index contributed by atoms with van der Waals surface area (Å²) in [6.45, 7) is 6.32. The van der Waals surface area contributed by atoms with Crippen molar-refractivity contribution in [2.45, 2.75) is 20.8 Å². The van der Waals surface area contributed by atoms with Crippen LogP contribution in [0.4, 0.5) is 0 Å². The third-order valence-electron chi connectivity index (χ3n) is 3.32. The van der Waals surface area contributed by atoms with Gasteiger partial charge >= 0.3 is 0 Å². The largest absolute Gasteiger partial charge is 0.456 e. The molecule has 0 N–H and O–H groups in total. The van der Waals surface area contributed by atoms with Gasteiger partial charge in [-0.1, -0.05) is 24.3 Å². The summed E-state index contributed by atoms with van der Waals surface area (Å²) in [6, 6.07) is 10.7. The highest BCUT2D eigenvalue weighted by molar-refractivity contribution is 6.06. The second-order valence-corrected chi connectivity index (χ2v) is 4.49. The molecule has 0 amide bonds. The Bertz CT molecular complexity index is 689. The molecule has 1 heterocycles. The number of rotatable bonds is 0. The van der Waals surface area contributed by atoms with Gasteiger partial charge in [0.1, 0.15) is 11.2 Å². The first-order valence-electron chi connectivity index (χ1n) is 5.56. The van der Waals surface area contributed by atoms with Crippen molar-refractivity contribution in [2.75, 3.05) is 0 Å². The summed E-state index contributed by atoms with van der Waals surface area (Å²) in [6.07, 6.45) is 0. The summed E-state index contributed by atoms with van der Waals surface area (Å²) in [7, 11) is 0. The fourth-order valence-corrected chi connectivity index (χ4v) is 2.18. The molecule has 16 heavy (non-hydrogen) atoms. The van der Waals surface area contributed by atoms with Gasteiger partial charge in [-0.05, 0) is 43.5 Å². The molecule has 0 saturated carbocycles. The lowest BCUT2D eigenvalue weighted by Crippen LogP contribution is -1.79. The topological polar surface area (TPSA) is 13.1 Å². The van der Waals surface area contributed by atoms with Crippen molar-refractivity contribution >= 4 is 21.9 Å². The molecule has 2 aromatic carbocycles. The van der Waals surface area contributed by atoms with Gasteiger partial charge in [-0.25, -0.2) is 0 Å². The van der Waals surface area contributed by atoms with Crippen LogP contribution in [0, 0.1) is 20.8 Å². The number of fused-ring (bicyclic) bond motifs is 3. The highest BCUT2D eigenvalue weighted by Crippen LogP contribution is 2.32. The lowest BCUT2D eigenvalue weighted by molar-refractivity contribution is 0.665. The molecule has 3 rings (SSSR count). The molecule has 0 fully saturated rings. The Balaban J connectivity index is 2.55. The van der Waals surface area contributed by atoms with E-state index in [4.69, 9.17) is 4.42 Å². The summed E-state index contributed by atoms with van der Waals surface area (Å²) in [4.78, 5) is 0. The van der Waals surface area contributed by atoms with Crippen LogP contribution in [-0.2, 0) is 0 Å². The maximum absolute atomic E-state index is 5.94. The van der Waals surface area contributed by atoms with Crippen LogP contribution in [0.3, 0.4) is 0 Å². The van der Waals surface area contributed by atoms with E-state index >= 15 is 0 Å². The van der Waals surface area contributed by atoms with E-state index in [0.717, 1.165) is 11.2 Å². The van der Waals surface area contributed by atoms with E-state index in [1.165, 1.54) is 27.5 Å². The molecule has 3 aromatic rings. The Hall–Kier alpha value is -1.76. The van der Waals surface area contributed by atoms with Crippen LogP contribution in [0.1, 0.15) is 16.7 Å². The Morgan fingerprint density at radius 3 is 2.44 bits per heavy atom. The van der Waals surface area contributed by atoms with E-state index in [0.29, 0.717) is 0 Å². The summed E-state index contributed by atoms with van der Waals surface area (Å²) < 4.78 is 5.94. The van der Waals surface area contributed by atoms with Gasteiger partial charge in [0, 0.05) is 10.8 Å². The Morgan fingerprint density at radius 1 is 0.875 bits per heavy atom. The first-order chi connectivity index (χ1) is 7.66. The zero-order valence-corrected chi connectivity index (χ0v) is 9.79. The lowest BCUT2D eigenvalue weighted by atomic mass is 10.0. The van der Waals surface area contributed by atoms with Crippen LogP contribution in [-0.4, -0.2) is 0 Å². The third-order valence-corrected chi connectivity index (χ3v) is 3.32. The number of aryl methyl sites for hydroxylation is 3. The van der Waals surface area contributed by atoms with E-state index in [2.05, 4.69) is 51.1 Å². The van der Waals surface area contributed by atoms with Gasteiger partial charge in [-0.15, -0.1) is 0 Å². The van der Waals surface area contributed by atoms with Crippen LogP contribution in [0.15, 0.2) is 34.7 Å². The zero-order valence-electron chi connectivity index (χ0n) is 9.79. The highest BCUT2D eigenvalue weighted by atomic mass is 16.3. The Kier molecular flexibility index (Phi) is 1.84. The average Bonchev–Trinajstić information content (AvgIpc) is 2.62. The molecule has 0 atom stereocenters. The van der Waals surface area contributed by atoms with E-state index in [9.17, 15) is 0 Å². The van der Waals surface area contributed by atoms with E-state index < -0.39 is 0 Å². The predicted octanol–water partition coefficient (Wildman–Crippen LogP) is 4.51. The minimum Gasteiger partial charge on any atom is -0.456 e. The van der Waals surface area contributed by atoms with Crippen molar-refractivity contribution in [1.82, 2.24) is 0 Å². The van der Waals surface area contributed by atoms with Gasteiger partial charge in [0.05, 0.1) is 0 Å². The normalized spacial score (nSPS) is 11.4. The molecular formula is C15H14O. The molecule has 80 valence electrons. The van der Waals surface area contributed by atoms with Crippen molar-refractivity contribution in [3.05, 3.63) is 47.0 Å². The van der Waals surface area contributed by atoms with E-state index in [1.807, 2.05) is 0 Å². The average molecular weight is 210 g/mol. The number of benzene rings is 2. The van der Waals surface area contributed by atoms with Crippen LogP contribution in [0.2, 0.25) is 0 Å². The number of hydrogen-bond acceptors (Lipinski definition) is 1. The maximum atomic E-state index is 5.94. The Labute approximate surface area is 94.7 Å². The molecule has 0 saturated heterocycles. The molecule has 0 aliphatic heterocycles. The summed E-state index contributed by atoms with van der Waals surface area (Å²) in [5.41, 5.74) is 5.78. The van der Waals surface area contributed by atoms with Crippen molar-refractivity contribution in [3.8, 4) is 0 Å². The molecule has 0 spiro atoms. The predicted molar refractivity (Wildman–Crippen MR) is 67.9 cm³/mol. The summed E-state index contributed by atoms with van der Waals surface area (Å²) in [5.74, 6) is 0. The fourth-order valence-electron chi connectivity index (χ4n) is 2.18. The second kappa shape index (κ2) is 3.11. The molecule has 0 bridgehead atoms. The number of furan rings is 1. The van der Waals surface area contributed by atoms with Crippen LogP contribution in [0.25, 0.3) is 21.9 Å². The quantitative estimate of drug-likeness (QED) is 0.532. The monoisotopic (exact) mass is 210 g/mol. The zero-order chi connectivity index (χ0) is 11.3. The van der Waals surface area contributed by atoms with Gasteiger partial charge in [0.25, 0.3) is 0 Å². The molecule has 0 aliphatic rings. The van der Waals surface area contributed by atoms with Crippen molar-refractivity contribution in [3.63, 3.8) is 0 Å². The molecule has 0 unspecified atom stereocenters. The number of hydrogen-bond donors (Lipinski definition) is 0. The van der Waals surface area contributed by atoms with Crippen LogP contribution >= 0.6 is 0 Å². The Morgan fingerprint density at radius 2 is 1.62 bits per heavy atom. The summed E-state index contributed by atoms with van der Waals surface area (Å²) in [5, 5.41) is 2.43. The lowest BCUT2D eigenvalue weighted by Gasteiger charge is -1.98. The van der Waals surface area contributed by atoms with Crippen molar-refractivity contribution in [2.24, 2.45) is 0 Å². The van der Waals surface area contributed by atoms with Gasteiger partial charge in [0.15, 0.2) is 0 Å². The van der Waals surface area contributed by atoms with Crippen molar-refractivity contribution in [1.29, 1.82) is 0 Å². The molecule has 1 nitrogen and oxygen atoms in total. The van der Waals surface area contributed by atoms with Gasteiger partial charge in [-0.2, -0.15) is 0 Å². The standard InChI is InChI=1S/C15H14O/c1-9-4-6-12-13-7-5-10(2)11(3)15(13)16-14(12)8-9/h4-8H,1-3H3. The third kappa shape index (κ3) is 1.18. The first-order valence-corrected chi connectivity index (χ1v) is 5.56. The van der Waals surface area contributed by atoms with Crippen LogP contribution < -0.4 is 0 Å². The molecule has 1 heteroatoms. The molecule has 0 aliphatic carbocycles. The molecule has 0 radical (unpaired) electrons. The van der Waals surface area contributed by atoms with Crippen molar-refractivity contribution < 1.29 is 4.42 Å².